The number of ether oxygens (including phenoxy) is 1. The SMILES string of the molecule is COCCNC(=O)CC[C@@]12CC[C@@](C)(O)C[C@H]1C(C)(C)C[C@@H]2NC(=O)Cc1cccs1. The quantitative estimate of drug-likeness (QED) is 0.504. The molecule has 3 N–H and O–H groups in total. The first-order chi connectivity index (χ1) is 14.6. The Bertz CT molecular complexity index is 762. The normalized spacial score (nSPS) is 31.8. The van der Waals surface area contributed by atoms with E-state index in [2.05, 4.69) is 24.5 Å². The van der Waals surface area contributed by atoms with Crippen molar-refractivity contribution in [3.8, 4) is 0 Å². The van der Waals surface area contributed by atoms with Crippen LogP contribution in [-0.2, 0) is 20.7 Å². The first kappa shape index (κ1) is 24.2. The average Bonchev–Trinajstić information content (AvgIpc) is 3.25. The predicted molar refractivity (Wildman–Crippen MR) is 123 cm³/mol. The Morgan fingerprint density at radius 2 is 2.00 bits per heavy atom. The van der Waals surface area contributed by atoms with Crippen LogP contribution in [0.3, 0.4) is 0 Å². The lowest BCUT2D eigenvalue weighted by Crippen LogP contribution is -2.53. The molecule has 4 atom stereocenters. The van der Waals surface area contributed by atoms with Crippen molar-refractivity contribution < 1.29 is 19.4 Å². The number of methoxy groups -OCH3 is 1. The Morgan fingerprint density at radius 3 is 2.68 bits per heavy atom. The van der Waals surface area contributed by atoms with Crippen LogP contribution in [0, 0.1) is 16.7 Å². The van der Waals surface area contributed by atoms with Crippen LogP contribution in [0.4, 0.5) is 0 Å². The fourth-order valence-electron chi connectivity index (χ4n) is 5.98. The van der Waals surface area contributed by atoms with Gasteiger partial charge in [-0.2, -0.15) is 0 Å². The molecule has 1 aromatic heterocycles. The molecule has 2 amide bonds. The van der Waals surface area contributed by atoms with E-state index in [1.807, 2.05) is 24.4 Å². The van der Waals surface area contributed by atoms with Gasteiger partial charge in [0.2, 0.25) is 11.8 Å². The topological polar surface area (TPSA) is 87.7 Å². The fraction of sp³-hybridized carbons (Fsp3) is 0.750. The lowest BCUT2D eigenvalue weighted by atomic mass is 9.57. The van der Waals surface area contributed by atoms with E-state index in [-0.39, 0.29) is 34.6 Å². The number of aliphatic hydroxyl groups is 1. The largest absolute Gasteiger partial charge is 0.390 e. The molecule has 31 heavy (non-hydrogen) atoms. The standard InChI is InChI=1S/C24H38N2O4S/c1-22(2)16-19(26-21(28)14-17-6-5-13-31-17)24(8-7-20(27)25-11-12-30-4)10-9-23(3,29)15-18(22)24/h5-6,13,18-19,29H,7-12,14-16H2,1-4H3,(H,25,27)(H,26,28)/t18-,19-,23+,24+/m0/s1. The molecule has 1 aromatic rings. The van der Waals surface area contributed by atoms with Gasteiger partial charge in [-0.15, -0.1) is 11.3 Å². The molecule has 0 aliphatic heterocycles. The highest BCUT2D eigenvalue weighted by atomic mass is 32.1. The van der Waals surface area contributed by atoms with Crippen LogP contribution in [0.5, 0.6) is 0 Å². The third-order valence-corrected chi connectivity index (χ3v) is 8.41. The highest BCUT2D eigenvalue weighted by Crippen LogP contribution is 2.63. The fourth-order valence-corrected chi connectivity index (χ4v) is 6.68. The van der Waals surface area contributed by atoms with Gasteiger partial charge in [0.1, 0.15) is 0 Å². The Balaban J connectivity index is 1.77. The lowest BCUT2D eigenvalue weighted by molar-refractivity contribution is -0.125. The number of fused-ring (bicyclic) bond motifs is 1. The predicted octanol–water partition coefficient (Wildman–Crippen LogP) is 3.29. The van der Waals surface area contributed by atoms with Crippen LogP contribution in [0.2, 0.25) is 0 Å². The minimum Gasteiger partial charge on any atom is -0.390 e. The summed E-state index contributed by atoms with van der Waals surface area (Å²) in [5, 5.41) is 19.1. The monoisotopic (exact) mass is 450 g/mol. The van der Waals surface area contributed by atoms with Crippen LogP contribution in [0.15, 0.2) is 17.5 Å². The Labute approximate surface area is 190 Å². The minimum absolute atomic E-state index is 0.0161. The molecular weight excluding hydrogens is 412 g/mol. The summed E-state index contributed by atoms with van der Waals surface area (Å²) in [6.07, 6.45) is 4.64. The van der Waals surface area contributed by atoms with Gasteiger partial charge in [0.15, 0.2) is 0 Å². The van der Waals surface area contributed by atoms with Gasteiger partial charge >= 0.3 is 0 Å². The maximum absolute atomic E-state index is 12.9. The van der Waals surface area contributed by atoms with Crippen molar-refractivity contribution in [3.05, 3.63) is 22.4 Å². The molecule has 2 aliphatic rings. The number of thiophene rings is 1. The summed E-state index contributed by atoms with van der Waals surface area (Å²) < 4.78 is 5.02. The van der Waals surface area contributed by atoms with Crippen LogP contribution in [-0.4, -0.2) is 48.8 Å². The molecule has 0 saturated heterocycles. The van der Waals surface area contributed by atoms with Gasteiger partial charge in [-0.05, 0) is 67.2 Å². The van der Waals surface area contributed by atoms with Gasteiger partial charge in [-0.1, -0.05) is 19.9 Å². The van der Waals surface area contributed by atoms with Crippen molar-refractivity contribution >= 4 is 23.2 Å². The van der Waals surface area contributed by atoms with Crippen LogP contribution in [0.1, 0.15) is 64.2 Å². The molecule has 174 valence electrons. The number of nitrogens with one attached hydrogen (secondary N) is 2. The first-order valence-electron chi connectivity index (χ1n) is 11.4. The summed E-state index contributed by atoms with van der Waals surface area (Å²) in [7, 11) is 1.62. The third-order valence-electron chi connectivity index (χ3n) is 7.53. The van der Waals surface area contributed by atoms with Gasteiger partial charge in [0, 0.05) is 31.0 Å². The van der Waals surface area contributed by atoms with Crippen molar-refractivity contribution in [2.24, 2.45) is 16.7 Å². The second kappa shape index (κ2) is 9.59. The molecule has 2 aliphatic carbocycles. The molecule has 0 spiro atoms. The van der Waals surface area contributed by atoms with E-state index < -0.39 is 5.60 Å². The van der Waals surface area contributed by atoms with Crippen molar-refractivity contribution in [1.29, 1.82) is 0 Å². The summed E-state index contributed by atoms with van der Waals surface area (Å²) in [6.45, 7) is 7.42. The van der Waals surface area contributed by atoms with E-state index in [0.29, 0.717) is 38.8 Å². The van der Waals surface area contributed by atoms with E-state index in [1.54, 1.807) is 18.4 Å². The first-order valence-corrected chi connectivity index (χ1v) is 12.3. The zero-order valence-corrected chi connectivity index (χ0v) is 20.1. The highest BCUT2D eigenvalue weighted by Gasteiger charge is 2.61. The van der Waals surface area contributed by atoms with Crippen LogP contribution < -0.4 is 10.6 Å². The molecule has 6 nitrogen and oxygen atoms in total. The summed E-state index contributed by atoms with van der Waals surface area (Å²) >= 11 is 1.60. The maximum Gasteiger partial charge on any atom is 0.225 e. The second-order valence-corrected chi connectivity index (χ2v) is 11.4. The third kappa shape index (κ3) is 5.68. The van der Waals surface area contributed by atoms with Gasteiger partial charge < -0.3 is 20.5 Å². The van der Waals surface area contributed by atoms with Gasteiger partial charge in [0.25, 0.3) is 0 Å². The van der Waals surface area contributed by atoms with E-state index in [0.717, 1.165) is 24.1 Å². The number of hydrogen-bond donors (Lipinski definition) is 3. The molecular formula is C24H38N2O4S. The Kier molecular flexibility index (Phi) is 7.49. The molecule has 0 aromatic carbocycles. The zero-order chi connectivity index (χ0) is 22.7. The Morgan fingerprint density at radius 1 is 1.23 bits per heavy atom. The number of amides is 2. The summed E-state index contributed by atoms with van der Waals surface area (Å²) in [5.41, 5.74) is -0.880. The van der Waals surface area contributed by atoms with E-state index in [4.69, 9.17) is 4.74 Å². The summed E-state index contributed by atoms with van der Waals surface area (Å²) in [4.78, 5) is 26.4. The smallest absolute Gasteiger partial charge is 0.225 e. The van der Waals surface area contributed by atoms with E-state index >= 15 is 0 Å². The molecule has 7 heteroatoms. The number of hydrogen-bond acceptors (Lipinski definition) is 5. The number of carbonyl (C=O) groups excluding carboxylic acids is 2. The minimum atomic E-state index is -0.692. The zero-order valence-electron chi connectivity index (χ0n) is 19.3. The lowest BCUT2D eigenvalue weighted by Gasteiger charge is -2.50. The Hall–Kier alpha value is -1.44. The van der Waals surface area contributed by atoms with Crippen molar-refractivity contribution in [2.45, 2.75) is 77.4 Å². The molecule has 0 bridgehead atoms. The van der Waals surface area contributed by atoms with Crippen molar-refractivity contribution in [2.75, 3.05) is 20.3 Å². The van der Waals surface area contributed by atoms with E-state index in [9.17, 15) is 14.7 Å². The number of carbonyl (C=O) groups is 2. The van der Waals surface area contributed by atoms with Crippen molar-refractivity contribution in [1.82, 2.24) is 10.6 Å². The molecule has 0 unspecified atom stereocenters. The van der Waals surface area contributed by atoms with Crippen LogP contribution >= 0.6 is 11.3 Å². The van der Waals surface area contributed by atoms with Gasteiger partial charge in [-0.3, -0.25) is 9.59 Å². The molecule has 1 heterocycles. The van der Waals surface area contributed by atoms with Crippen LogP contribution in [0.25, 0.3) is 0 Å². The summed E-state index contributed by atoms with van der Waals surface area (Å²) in [6, 6.07) is 3.97. The summed E-state index contributed by atoms with van der Waals surface area (Å²) in [5.74, 6) is 0.323. The van der Waals surface area contributed by atoms with Crippen molar-refractivity contribution in [3.63, 3.8) is 0 Å². The van der Waals surface area contributed by atoms with E-state index in [1.165, 1.54) is 0 Å². The van der Waals surface area contributed by atoms with Gasteiger partial charge in [0.05, 0.1) is 18.6 Å². The molecule has 3 rings (SSSR count). The highest BCUT2D eigenvalue weighted by molar-refractivity contribution is 7.10. The number of rotatable bonds is 9. The second-order valence-electron chi connectivity index (χ2n) is 10.4. The molecule has 0 radical (unpaired) electrons. The average molecular weight is 451 g/mol. The van der Waals surface area contributed by atoms with Gasteiger partial charge in [-0.25, -0.2) is 0 Å². The molecule has 2 fully saturated rings. The molecule has 2 saturated carbocycles. The maximum atomic E-state index is 12.9.